The number of hydrogen-bond donors (Lipinski definition) is 1. The van der Waals surface area contributed by atoms with Gasteiger partial charge in [-0.2, -0.15) is 9.78 Å². The number of benzene rings is 1. The Morgan fingerprint density at radius 3 is 2.71 bits per heavy atom. The lowest BCUT2D eigenvalue weighted by Gasteiger charge is -2.40. The molecule has 3 atom stereocenters. The van der Waals surface area contributed by atoms with Crippen molar-refractivity contribution in [3.63, 3.8) is 0 Å². The molecule has 0 amide bonds. The van der Waals surface area contributed by atoms with E-state index in [4.69, 9.17) is 17.3 Å². The average molecular weight is 344 g/mol. The summed E-state index contributed by atoms with van der Waals surface area (Å²) in [5, 5.41) is 4.77. The van der Waals surface area contributed by atoms with Gasteiger partial charge in [-0.25, -0.2) is 0 Å². The molecule has 1 aliphatic heterocycles. The molecule has 0 spiro atoms. The van der Waals surface area contributed by atoms with Crippen LogP contribution in [-0.2, 0) is 6.67 Å². The van der Waals surface area contributed by atoms with E-state index in [0.717, 1.165) is 34.9 Å². The minimum Gasteiger partial charge on any atom is -0.314 e. The predicted octanol–water partition coefficient (Wildman–Crippen LogP) is 2.91. The largest absolute Gasteiger partial charge is 0.314 e. The summed E-state index contributed by atoms with van der Waals surface area (Å²) in [6.45, 7) is 4.23. The van der Waals surface area contributed by atoms with E-state index in [1.807, 2.05) is 13.0 Å². The van der Waals surface area contributed by atoms with E-state index in [1.165, 1.54) is 45.1 Å². The van der Waals surface area contributed by atoms with Crippen molar-refractivity contribution in [3.05, 3.63) is 40.9 Å². The fraction of sp³-hybridized carbons (Fsp3) is 0.579. The number of aryl methyl sites for hydroxylation is 1. The van der Waals surface area contributed by atoms with E-state index in [-0.39, 0.29) is 0 Å². The minimum atomic E-state index is 0.816. The molecule has 2 heterocycles. The maximum absolute atomic E-state index is 5.76. The van der Waals surface area contributed by atoms with Crippen LogP contribution in [0.5, 0.6) is 0 Å². The van der Waals surface area contributed by atoms with Crippen LogP contribution in [0.4, 0.5) is 0 Å². The quantitative estimate of drug-likeness (QED) is 0.868. The fourth-order valence-corrected chi connectivity index (χ4v) is 5.09. The first-order chi connectivity index (χ1) is 11.7. The highest BCUT2D eigenvalue weighted by atomic mass is 32.1. The van der Waals surface area contributed by atoms with Gasteiger partial charge in [0.05, 0.1) is 12.6 Å². The molecule has 0 bridgehead atoms. The van der Waals surface area contributed by atoms with Gasteiger partial charge in [0.2, 0.25) is 4.77 Å². The Balaban J connectivity index is 1.60. The predicted molar refractivity (Wildman–Crippen MR) is 97.9 cm³/mol. The van der Waals surface area contributed by atoms with Crippen LogP contribution < -0.4 is 4.90 Å². The number of para-hydroxylation sites is 1. The van der Waals surface area contributed by atoms with Crippen molar-refractivity contribution in [2.24, 2.45) is 5.92 Å². The molecule has 128 valence electrons. The van der Waals surface area contributed by atoms with E-state index < -0.39 is 0 Å². The van der Waals surface area contributed by atoms with Gasteiger partial charge >= 0.3 is 0 Å². The Bertz CT molecular complexity index is 746. The lowest BCUT2D eigenvalue weighted by Crippen LogP contribution is -3.17. The Morgan fingerprint density at radius 2 is 1.88 bits per heavy atom. The SMILES string of the molecule is Cc1nn(C[NH+]2CCC[C@@H]3CCCC[C@@H]32)c(=S)n1-c1ccccc1. The summed E-state index contributed by atoms with van der Waals surface area (Å²) in [5.74, 6) is 1.90. The first kappa shape index (κ1) is 16.0. The summed E-state index contributed by atoms with van der Waals surface area (Å²) >= 11 is 5.76. The van der Waals surface area contributed by atoms with Crippen LogP contribution in [0.25, 0.3) is 5.69 Å². The Morgan fingerprint density at radius 1 is 1.12 bits per heavy atom. The third-order valence-electron chi connectivity index (χ3n) is 5.87. The topological polar surface area (TPSA) is 27.2 Å². The second-order valence-electron chi connectivity index (χ2n) is 7.36. The number of nitrogens with zero attached hydrogens (tertiary/aromatic N) is 3. The van der Waals surface area contributed by atoms with Crippen molar-refractivity contribution < 1.29 is 4.90 Å². The van der Waals surface area contributed by atoms with Crippen LogP contribution in [-0.4, -0.2) is 26.9 Å². The first-order valence-electron chi connectivity index (χ1n) is 9.30. The molecule has 1 aromatic carbocycles. The van der Waals surface area contributed by atoms with Gasteiger partial charge in [0.25, 0.3) is 0 Å². The Kier molecular flexibility index (Phi) is 4.55. The smallest absolute Gasteiger partial charge is 0.207 e. The zero-order chi connectivity index (χ0) is 16.5. The number of rotatable bonds is 3. The number of nitrogens with one attached hydrogen (secondary N) is 1. The molecule has 1 aliphatic carbocycles. The maximum atomic E-state index is 5.76. The lowest BCUT2D eigenvalue weighted by molar-refractivity contribution is -0.958. The average Bonchev–Trinajstić information content (AvgIpc) is 2.90. The first-order valence-corrected chi connectivity index (χ1v) is 9.71. The zero-order valence-electron chi connectivity index (χ0n) is 14.4. The third kappa shape index (κ3) is 2.95. The van der Waals surface area contributed by atoms with E-state index in [1.54, 1.807) is 4.90 Å². The maximum Gasteiger partial charge on any atom is 0.207 e. The van der Waals surface area contributed by atoms with Crippen molar-refractivity contribution in [3.8, 4) is 5.69 Å². The normalized spacial score (nSPS) is 27.0. The molecule has 0 radical (unpaired) electrons. The molecule has 1 aromatic heterocycles. The molecule has 4 rings (SSSR count). The van der Waals surface area contributed by atoms with Crippen LogP contribution in [0, 0.1) is 17.6 Å². The summed E-state index contributed by atoms with van der Waals surface area (Å²) < 4.78 is 4.98. The molecule has 1 saturated heterocycles. The molecule has 5 heteroatoms. The molecular formula is C19H27N4S+. The van der Waals surface area contributed by atoms with Crippen molar-refractivity contribution in [2.45, 2.75) is 58.2 Å². The molecular weight excluding hydrogens is 316 g/mol. The molecule has 2 aliphatic rings. The van der Waals surface area contributed by atoms with Gasteiger partial charge < -0.3 is 4.90 Å². The van der Waals surface area contributed by atoms with Crippen molar-refractivity contribution in [1.82, 2.24) is 14.3 Å². The monoisotopic (exact) mass is 343 g/mol. The summed E-state index contributed by atoms with van der Waals surface area (Å²) in [6, 6.07) is 11.1. The molecule has 1 unspecified atom stereocenters. The van der Waals surface area contributed by atoms with Gasteiger partial charge in [0, 0.05) is 11.6 Å². The number of piperidine rings is 1. The Hall–Kier alpha value is -1.46. The van der Waals surface area contributed by atoms with Crippen LogP contribution in [0.3, 0.4) is 0 Å². The third-order valence-corrected chi connectivity index (χ3v) is 6.27. The van der Waals surface area contributed by atoms with Crippen molar-refractivity contribution >= 4 is 12.2 Å². The molecule has 2 fully saturated rings. The van der Waals surface area contributed by atoms with Gasteiger partial charge in [-0.1, -0.05) is 24.6 Å². The van der Waals surface area contributed by atoms with Gasteiger partial charge in [0.15, 0.2) is 6.67 Å². The van der Waals surface area contributed by atoms with Crippen LogP contribution >= 0.6 is 12.2 Å². The number of aromatic nitrogens is 3. The van der Waals surface area contributed by atoms with E-state index in [2.05, 4.69) is 33.5 Å². The van der Waals surface area contributed by atoms with E-state index >= 15 is 0 Å². The molecule has 2 aromatic rings. The molecule has 24 heavy (non-hydrogen) atoms. The molecule has 1 saturated carbocycles. The second kappa shape index (κ2) is 6.81. The van der Waals surface area contributed by atoms with E-state index in [0.29, 0.717) is 0 Å². The highest BCUT2D eigenvalue weighted by Gasteiger charge is 2.36. The van der Waals surface area contributed by atoms with Gasteiger partial charge in [-0.3, -0.25) is 4.57 Å². The number of quaternary nitrogens is 1. The number of likely N-dealkylation sites (tertiary alicyclic amines) is 1. The van der Waals surface area contributed by atoms with Crippen LogP contribution in [0.2, 0.25) is 0 Å². The van der Waals surface area contributed by atoms with Crippen LogP contribution in [0.1, 0.15) is 44.3 Å². The highest BCUT2D eigenvalue weighted by molar-refractivity contribution is 7.71. The summed E-state index contributed by atoms with van der Waals surface area (Å²) in [6.07, 6.45) is 8.41. The van der Waals surface area contributed by atoms with E-state index in [9.17, 15) is 0 Å². The van der Waals surface area contributed by atoms with Gasteiger partial charge in [0.1, 0.15) is 5.82 Å². The van der Waals surface area contributed by atoms with Crippen molar-refractivity contribution in [1.29, 1.82) is 0 Å². The lowest BCUT2D eigenvalue weighted by atomic mass is 9.78. The number of hydrogen-bond acceptors (Lipinski definition) is 2. The molecule has 1 N–H and O–H groups in total. The summed E-state index contributed by atoms with van der Waals surface area (Å²) in [7, 11) is 0. The summed E-state index contributed by atoms with van der Waals surface area (Å²) in [5.41, 5.74) is 1.11. The summed E-state index contributed by atoms with van der Waals surface area (Å²) in [4.78, 5) is 1.69. The van der Waals surface area contributed by atoms with Gasteiger partial charge in [-0.15, -0.1) is 0 Å². The molecule has 4 nitrogen and oxygen atoms in total. The van der Waals surface area contributed by atoms with Crippen molar-refractivity contribution in [2.75, 3.05) is 6.54 Å². The van der Waals surface area contributed by atoms with Crippen LogP contribution in [0.15, 0.2) is 30.3 Å². The fourth-order valence-electron chi connectivity index (χ4n) is 4.75. The second-order valence-corrected chi connectivity index (χ2v) is 7.73. The van der Waals surface area contributed by atoms with Gasteiger partial charge in [-0.05, 0) is 63.4 Å². The standard InChI is InChI=1S/C19H26N4S/c1-15-20-22(19(24)23(15)17-10-3-2-4-11-17)14-21-13-7-9-16-8-5-6-12-18(16)21/h2-4,10-11,16,18H,5-9,12-14H2,1H3/p+1/t16-,18-/m0/s1. The zero-order valence-corrected chi connectivity index (χ0v) is 15.3. The minimum absolute atomic E-state index is 0.816. The highest BCUT2D eigenvalue weighted by Crippen LogP contribution is 2.28. The number of fused-ring (bicyclic) bond motifs is 1. The Labute approximate surface area is 149 Å².